The van der Waals surface area contributed by atoms with Gasteiger partial charge in [-0.1, -0.05) is 0 Å². The molecule has 0 aliphatic carbocycles. The number of carbonyl (C=O) groups is 1. The average molecular weight is 338 g/mol. The molecule has 0 bridgehead atoms. The van der Waals surface area contributed by atoms with Gasteiger partial charge >= 0.3 is 0 Å². The summed E-state index contributed by atoms with van der Waals surface area (Å²) in [6.07, 6.45) is 8.82. The van der Waals surface area contributed by atoms with Gasteiger partial charge in [-0.15, -0.1) is 0 Å². The summed E-state index contributed by atoms with van der Waals surface area (Å²) in [5, 5.41) is 3.10. The summed E-state index contributed by atoms with van der Waals surface area (Å²) in [4.78, 5) is 12.9. The molecule has 1 aliphatic rings. The molecule has 1 aromatic rings. The lowest BCUT2D eigenvalue weighted by Crippen LogP contribution is -2.31. The van der Waals surface area contributed by atoms with Crippen LogP contribution in [0.3, 0.4) is 0 Å². The molecule has 0 aromatic heterocycles. The van der Waals surface area contributed by atoms with Crippen molar-refractivity contribution >= 4 is 18.9 Å². The summed E-state index contributed by atoms with van der Waals surface area (Å²) in [6.45, 7) is 8.09. The Morgan fingerprint density at radius 2 is 1.70 bits per heavy atom. The van der Waals surface area contributed by atoms with E-state index in [1.54, 1.807) is 0 Å². The van der Waals surface area contributed by atoms with Crippen LogP contribution >= 0.6 is 7.26 Å². The van der Waals surface area contributed by atoms with Crippen LogP contribution < -0.4 is 5.32 Å². The van der Waals surface area contributed by atoms with Crippen LogP contribution in [0.4, 0.5) is 10.1 Å². The van der Waals surface area contributed by atoms with E-state index in [2.05, 4.69) is 19.2 Å². The molecule has 1 unspecified atom stereocenters. The molecule has 0 radical (unpaired) electrons. The van der Waals surface area contributed by atoms with Gasteiger partial charge in [-0.25, -0.2) is 4.39 Å². The number of aryl methyl sites for hydroxylation is 2. The zero-order valence-corrected chi connectivity index (χ0v) is 15.8. The smallest absolute Gasteiger partial charge is 0.264 e. The number of halogens is 1. The minimum Gasteiger partial charge on any atom is -0.322 e. The Labute approximate surface area is 140 Å². The Bertz CT molecular complexity index is 541. The van der Waals surface area contributed by atoms with E-state index < -0.39 is 7.26 Å². The molecular formula is C19H30FNOP+. The predicted molar refractivity (Wildman–Crippen MR) is 99.6 cm³/mol. The second-order valence-corrected chi connectivity index (χ2v) is 11.7. The monoisotopic (exact) mass is 338 g/mol. The Morgan fingerprint density at radius 1 is 1.17 bits per heavy atom. The van der Waals surface area contributed by atoms with Crippen molar-refractivity contribution < 1.29 is 9.18 Å². The van der Waals surface area contributed by atoms with E-state index in [1.165, 1.54) is 50.1 Å². The standard InChI is InChI=1S/C19H29FNOP/c1-5-23(10-8-6-7-9-11-23)16(4)19(22)21-18-14(2)12-17(20)13-15(18)3/h12-13,16H,5-11H2,1-4H3/p+1. The number of anilines is 1. The zero-order chi connectivity index (χ0) is 17.0. The number of hydrogen-bond acceptors (Lipinski definition) is 1. The van der Waals surface area contributed by atoms with Crippen molar-refractivity contribution in [2.45, 2.75) is 59.0 Å². The number of hydrogen-bond donors (Lipinski definition) is 1. The molecule has 1 saturated heterocycles. The molecule has 1 atom stereocenters. The van der Waals surface area contributed by atoms with Crippen LogP contribution in [-0.2, 0) is 4.79 Å². The largest absolute Gasteiger partial charge is 0.322 e. The first kappa shape index (κ1) is 18.4. The highest BCUT2D eigenvalue weighted by Gasteiger charge is 2.45. The number of carbonyl (C=O) groups excluding carboxylic acids is 1. The molecule has 23 heavy (non-hydrogen) atoms. The highest BCUT2D eigenvalue weighted by atomic mass is 31.2. The SMILES string of the molecule is CC[P+]1(C(C)C(=O)Nc2c(C)cc(F)cc2C)CCCCCC1. The molecule has 2 rings (SSSR count). The number of nitrogens with one attached hydrogen (secondary N) is 1. The average Bonchev–Trinajstić information content (AvgIpc) is 2.76. The van der Waals surface area contributed by atoms with Gasteiger partial charge in [0.25, 0.3) is 5.91 Å². The van der Waals surface area contributed by atoms with Crippen LogP contribution in [0.2, 0.25) is 0 Å². The van der Waals surface area contributed by atoms with E-state index in [4.69, 9.17) is 0 Å². The maximum Gasteiger partial charge on any atom is 0.264 e. The van der Waals surface area contributed by atoms with E-state index in [9.17, 15) is 9.18 Å². The summed E-state index contributed by atoms with van der Waals surface area (Å²) in [6, 6.07) is 2.98. The number of amides is 1. The van der Waals surface area contributed by atoms with Crippen molar-refractivity contribution in [3.8, 4) is 0 Å². The van der Waals surface area contributed by atoms with Crippen molar-refractivity contribution in [1.82, 2.24) is 0 Å². The van der Waals surface area contributed by atoms with Gasteiger partial charge in [-0.3, -0.25) is 4.79 Å². The summed E-state index contributed by atoms with van der Waals surface area (Å²) in [5.41, 5.74) is 2.47. The molecule has 1 fully saturated rings. The fourth-order valence-electron chi connectivity index (χ4n) is 3.88. The minimum absolute atomic E-state index is 0.0921. The molecule has 1 N–H and O–H groups in total. The first-order valence-electron chi connectivity index (χ1n) is 8.83. The molecule has 1 aromatic carbocycles. The third kappa shape index (κ3) is 4.12. The van der Waals surface area contributed by atoms with Crippen LogP contribution in [0.1, 0.15) is 50.7 Å². The van der Waals surface area contributed by atoms with Crippen molar-refractivity contribution in [2.24, 2.45) is 0 Å². The second-order valence-electron chi connectivity index (χ2n) is 6.98. The lowest BCUT2D eigenvalue weighted by molar-refractivity contribution is -0.115. The van der Waals surface area contributed by atoms with Gasteiger partial charge < -0.3 is 5.32 Å². The molecule has 1 heterocycles. The molecular weight excluding hydrogens is 308 g/mol. The van der Waals surface area contributed by atoms with Gasteiger partial charge in [-0.05, 0) is 76.6 Å². The maximum absolute atomic E-state index is 13.4. The Hall–Kier alpha value is -0.950. The van der Waals surface area contributed by atoms with Crippen LogP contribution in [0.15, 0.2) is 12.1 Å². The van der Waals surface area contributed by atoms with Gasteiger partial charge in [0.2, 0.25) is 0 Å². The number of rotatable bonds is 4. The first-order valence-corrected chi connectivity index (χ1v) is 11.2. The van der Waals surface area contributed by atoms with Gasteiger partial charge in [0, 0.05) is 12.9 Å². The topological polar surface area (TPSA) is 29.1 Å². The Kier molecular flexibility index (Phi) is 6.19. The fraction of sp³-hybridized carbons (Fsp3) is 0.632. The van der Waals surface area contributed by atoms with Crippen LogP contribution in [0.25, 0.3) is 0 Å². The van der Waals surface area contributed by atoms with Crippen LogP contribution in [-0.4, -0.2) is 30.1 Å². The van der Waals surface area contributed by atoms with E-state index in [1.807, 2.05) is 13.8 Å². The second kappa shape index (κ2) is 7.75. The lowest BCUT2D eigenvalue weighted by atomic mass is 10.1. The minimum atomic E-state index is -1.22. The summed E-state index contributed by atoms with van der Waals surface area (Å²) in [7, 11) is -1.22. The van der Waals surface area contributed by atoms with Gasteiger partial charge in [0.15, 0.2) is 0 Å². The van der Waals surface area contributed by atoms with Crippen molar-refractivity contribution in [3.05, 3.63) is 29.1 Å². The highest BCUT2D eigenvalue weighted by Crippen LogP contribution is 2.65. The lowest BCUT2D eigenvalue weighted by Gasteiger charge is -2.30. The molecule has 0 saturated carbocycles. The molecule has 1 amide bonds. The van der Waals surface area contributed by atoms with E-state index in [0.29, 0.717) is 0 Å². The highest BCUT2D eigenvalue weighted by molar-refractivity contribution is 7.77. The molecule has 0 spiro atoms. The van der Waals surface area contributed by atoms with E-state index in [-0.39, 0.29) is 17.4 Å². The van der Waals surface area contributed by atoms with E-state index in [0.717, 1.165) is 23.0 Å². The molecule has 1 aliphatic heterocycles. The summed E-state index contributed by atoms with van der Waals surface area (Å²) >= 11 is 0. The zero-order valence-electron chi connectivity index (χ0n) is 14.9. The van der Waals surface area contributed by atoms with Crippen LogP contribution in [0, 0.1) is 19.7 Å². The van der Waals surface area contributed by atoms with Gasteiger partial charge in [-0.2, -0.15) is 0 Å². The first-order chi connectivity index (χ1) is 10.9. The summed E-state index contributed by atoms with van der Waals surface area (Å²) < 4.78 is 13.4. The number of benzene rings is 1. The third-order valence-electron chi connectivity index (χ3n) is 5.53. The summed E-state index contributed by atoms with van der Waals surface area (Å²) in [5.74, 6) is -0.118. The predicted octanol–water partition coefficient (Wildman–Crippen LogP) is 5.38. The normalized spacial score (nSPS) is 19.0. The Morgan fingerprint density at radius 3 is 2.17 bits per heavy atom. The molecule has 4 heteroatoms. The van der Waals surface area contributed by atoms with Crippen molar-refractivity contribution in [1.29, 1.82) is 0 Å². The van der Waals surface area contributed by atoms with E-state index >= 15 is 0 Å². The van der Waals surface area contributed by atoms with Crippen LogP contribution in [0.5, 0.6) is 0 Å². The van der Waals surface area contributed by atoms with Crippen molar-refractivity contribution in [2.75, 3.05) is 23.8 Å². The molecule has 128 valence electrons. The van der Waals surface area contributed by atoms with Crippen molar-refractivity contribution in [3.63, 3.8) is 0 Å². The molecule has 2 nitrogen and oxygen atoms in total. The van der Waals surface area contributed by atoms with Gasteiger partial charge in [0.05, 0.1) is 18.5 Å². The quantitative estimate of drug-likeness (QED) is 0.734. The maximum atomic E-state index is 13.4. The Balaban J connectivity index is 2.19. The third-order valence-corrected chi connectivity index (χ3v) is 11.1. The van der Waals surface area contributed by atoms with Gasteiger partial charge in [0.1, 0.15) is 11.5 Å². The fourth-order valence-corrected chi connectivity index (χ4v) is 8.33.